The van der Waals surface area contributed by atoms with Crippen LogP contribution < -0.4 is 25.1 Å². The molecule has 0 saturated carbocycles. The molecule has 28 heavy (non-hydrogen) atoms. The van der Waals surface area contributed by atoms with Gasteiger partial charge in [-0.2, -0.15) is 0 Å². The lowest BCUT2D eigenvalue weighted by molar-refractivity contribution is -0.128. The van der Waals surface area contributed by atoms with E-state index in [1.54, 1.807) is 43.5 Å². The van der Waals surface area contributed by atoms with Crippen LogP contribution in [0, 0.1) is 0 Å². The highest BCUT2D eigenvalue weighted by Crippen LogP contribution is 2.27. The first-order valence-corrected chi connectivity index (χ1v) is 8.76. The van der Waals surface area contributed by atoms with E-state index in [1.807, 2.05) is 12.1 Å². The molecule has 0 unspecified atom stereocenters. The van der Waals surface area contributed by atoms with Gasteiger partial charge < -0.3 is 14.2 Å². The zero-order valence-electron chi connectivity index (χ0n) is 16.2. The van der Waals surface area contributed by atoms with Gasteiger partial charge in [-0.3, -0.25) is 20.4 Å². The summed E-state index contributed by atoms with van der Waals surface area (Å²) in [5, 5.41) is 0. The number of hydrogen-bond donors (Lipinski definition) is 2. The lowest BCUT2D eigenvalue weighted by Crippen LogP contribution is -2.43. The van der Waals surface area contributed by atoms with Crippen molar-refractivity contribution in [3.8, 4) is 17.2 Å². The van der Waals surface area contributed by atoms with Gasteiger partial charge in [0.15, 0.2) is 18.1 Å². The van der Waals surface area contributed by atoms with Gasteiger partial charge in [0, 0.05) is 6.08 Å². The normalized spacial score (nSPS) is 10.4. The number of carbonyl (C=O) groups is 2. The van der Waals surface area contributed by atoms with Crippen molar-refractivity contribution < 1.29 is 23.8 Å². The number of rotatable bonds is 8. The Morgan fingerprint density at radius 3 is 2.32 bits per heavy atom. The van der Waals surface area contributed by atoms with Gasteiger partial charge in [-0.05, 0) is 47.9 Å². The van der Waals surface area contributed by atoms with Crippen LogP contribution in [0.2, 0.25) is 0 Å². The molecule has 0 heterocycles. The van der Waals surface area contributed by atoms with E-state index in [1.165, 1.54) is 18.7 Å². The Kier molecular flexibility index (Phi) is 7.90. The molecule has 2 amide bonds. The van der Waals surface area contributed by atoms with Crippen molar-refractivity contribution in [2.75, 3.05) is 20.8 Å². The van der Waals surface area contributed by atoms with Gasteiger partial charge >= 0.3 is 0 Å². The zero-order chi connectivity index (χ0) is 20.4. The fourth-order valence-electron chi connectivity index (χ4n) is 2.31. The van der Waals surface area contributed by atoms with Crippen LogP contribution in [-0.2, 0) is 16.0 Å². The summed E-state index contributed by atoms with van der Waals surface area (Å²) in [6.07, 6.45) is 3.82. The van der Waals surface area contributed by atoms with E-state index in [-0.39, 0.29) is 6.61 Å². The summed E-state index contributed by atoms with van der Waals surface area (Å²) in [5.41, 5.74) is 6.52. The number of methoxy groups -OCH3 is 2. The molecule has 0 aliphatic heterocycles. The molecule has 0 aromatic heterocycles. The van der Waals surface area contributed by atoms with E-state index in [0.29, 0.717) is 17.2 Å². The van der Waals surface area contributed by atoms with E-state index < -0.39 is 11.8 Å². The molecule has 2 aromatic carbocycles. The van der Waals surface area contributed by atoms with Crippen molar-refractivity contribution >= 4 is 17.9 Å². The van der Waals surface area contributed by atoms with Gasteiger partial charge in [0.1, 0.15) is 5.75 Å². The molecule has 0 atom stereocenters. The van der Waals surface area contributed by atoms with Crippen LogP contribution in [-0.4, -0.2) is 32.6 Å². The standard InChI is InChI=1S/C21H24N2O5/c1-4-15-5-9-17(10-6-15)28-14-21(25)23-22-20(24)12-8-16-7-11-18(26-2)19(13-16)27-3/h5-13H,4,14H2,1-3H3,(H,22,24)(H,23,25). The maximum absolute atomic E-state index is 11.8. The highest BCUT2D eigenvalue weighted by atomic mass is 16.5. The van der Waals surface area contributed by atoms with Crippen molar-refractivity contribution in [2.24, 2.45) is 0 Å². The fraction of sp³-hybridized carbons (Fsp3) is 0.238. The van der Waals surface area contributed by atoms with E-state index in [9.17, 15) is 9.59 Å². The molecule has 0 spiro atoms. The number of ether oxygens (including phenoxy) is 3. The van der Waals surface area contributed by atoms with E-state index in [4.69, 9.17) is 14.2 Å². The van der Waals surface area contributed by atoms with Crippen molar-refractivity contribution in [2.45, 2.75) is 13.3 Å². The monoisotopic (exact) mass is 384 g/mol. The average molecular weight is 384 g/mol. The van der Waals surface area contributed by atoms with Gasteiger partial charge in [-0.15, -0.1) is 0 Å². The number of amides is 2. The summed E-state index contributed by atoms with van der Waals surface area (Å²) in [5.74, 6) is 0.804. The van der Waals surface area contributed by atoms with Gasteiger partial charge in [0.25, 0.3) is 11.8 Å². The number of nitrogens with one attached hydrogen (secondary N) is 2. The molecule has 0 radical (unpaired) electrons. The lowest BCUT2D eigenvalue weighted by Gasteiger charge is -2.08. The van der Waals surface area contributed by atoms with Crippen LogP contribution in [0.3, 0.4) is 0 Å². The molecular formula is C21H24N2O5. The van der Waals surface area contributed by atoms with Crippen molar-refractivity contribution in [1.29, 1.82) is 0 Å². The lowest BCUT2D eigenvalue weighted by atomic mass is 10.2. The average Bonchev–Trinajstić information content (AvgIpc) is 2.74. The Hall–Kier alpha value is -3.48. The first-order chi connectivity index (χ1) is 13.5. The van der Waals surface area contributed by atoms with E-state index in [0.717, 1.165) is 12.0 Å². The predicted molar refractivity (Wildman–Crippen MR) is 106 cm³/mol. The minimum absolute atomic E-state index is 0.203. The van der Waals surface area contributed by atoms with Crippen LogP contribution in [0.5, 0.6) is 17.2 Å². The number of hydrazine groups is 1. The zero-order valence-corrected chi connectivity index (χ0v) is 16.2. The number of benzene rings is 2. The van der Waals surface area contributed by atoms with Crippen LogP contribution in [0.15, 0.2) is 48.5 Å². The highest BCUT2D eigenvalue weighted by molar-refractivity contribution is 5.93. The van der Waals surface area contributed by atoms with Gasteiger partial charge in [0.05, 0.1) is 14.2 Å². The first-order valence-electron chi connectivity index (χ1n) is 8.76. The largest absolute Gasteiger partial charge is 0.493 e. The smallest absolute Gasteiger partial charge is 0.276 e. The van der Waals surface area contributed by atoms with Crippen molar-refractivity contribution in [3.05, 3.63) is 59.7 Å². The Bertz CT molecular complexity index is 831. The van der Waals surface area contributed by atoms with Crippen LogP contribution in [0.25, 0.3) is 6.08 Å². The molecule has 0 saturated heterocycles. The van der Waals surface area contributed by atoms with Crippen LogP contribution in [0.4, 0.5) is 0 Å². The summed E-state index contributed by atoms with van der Waals surface area (Å²) >= 11 is 0. The highest BCUT2D eigenvalue weighted by Gasteiger charge is 2.05. The Balaban J connectivity index is 1.78. The number of aryl methyl sites for hydroxylation is 1. The maximum Gasteiger partial charge on any atom is 0.276 e. The van der Waals surface area contributed by atoms with Gasteiger partial charge in [-0.25, -0.2) is 0 Å². The molecule has 2 aromatic rings. The summed E-state index contributed by atoms with van der Waals surface area (Å²) in [4.78, 5) is 23.6. The van der Waals surface area contributed by atoms with E-state index >= 15 is 0 Å². The third kappa shape index (κ3) is 6.35. The quantitative estimate of drug-likeness (QED) is 0.540. The Labute approximate surface area is 164 Å². The van der Waals surface area contributed by atoms with E-state index in [2.05, 4.69) is 17.8 Å². The third-order valence-corrected chi connectivity index (χ3v) is 3.86. The summed E-state index contributed by atoms with van der Waals surface area (Å²) in [6.45, 7) is 1.86. The molecule has 2 N–H and O–H groups in total. The van der Waals surface area contributed by atoms with Crippen molar-refractivity contribution in [1.82, 2.24) is 10.9 Å². The third-order valence-electron chi connectivity index (χ3n) is 3.86. The maximum atomic E-state index is 11.8. The molecule has 7 heteroatoms. The second-order valence-corrected chi connectivity index (χ2v) is 5.77. The molecule has 0 aliphatic rings. The van der Waals surface area contributed by atoms with Crippen LogP contribution >= 0.6 is 0 Å². The molecule has 7 nitrogen and oxygen atoms in total. The number of hydrogen-bond acceptors (Lipinski definition) is 5. The molecular weight excluding hydrogens is 360 g/mol. The van der Waals surface area contributed by atoms with Gasteiger partial charge in [0.2, 0.25) is 0 Å². The molecule has 2 rings (SSSR count). The molecule has 0 bridgehead atoms. The summed E-state index contributed by atoms with van der Waals surface area (Å²) in [6, 6.07) is 12.7. The second kappa shape index (κ2) is 10.6. The van der Waals surface area contributed by atoms with Gasteiger partial charge in [-0.1, -0.05) is 25.1 Å². The SMILES string of the molecule is CCc1ccc(OCC(=O)NNC(=O)C=Cc2ccc(OC)c(OC)c2)cc1. The summed E-state index contributed by atoms with van der Waals surface area (Å²) in [7, 11) is 3.08. The first kappa shape index (κ1) is 20.8. The second-order valence-electron chi connectivity index (χ2n) is 5.77. The Morgan fingerprint density at radius 2 is 1.68 bits per heavy atom. The molecule has 0 fully saturated rings. The molecule has 0 aliphatic carbocycles. The number of carbonyl (C=O) groups excluding carboxylic acids is 2. The predicted octanol–water partition coefficient (Wildman–Crippen LogP) is 2.51. The fourth-order valence-corrected chi connectivity index (χ4v) is 2.31. The van der Waals surface area contributed by atoms with Crippen LogP contribution in [0.1, 0.15) is 18.1 Å². The summed E-state index contributed by atoms with van der Waals surface area (Å²) < 4.78 is 15.7. The Morgan fingerprint density at radius 1 is 0.964 bits per heavy atom. The minimum atomic E-state index is -0.476. The topological polar surface area (TPSA) is 85.9 Å². The minimum Gasteiger partial charge on any atom is -0.493 e. The van der Waals surface area contributed by atoms with Crippen molar-refractivity contribution in [3.63, 3.8) is 0 Å². The molecule has 148 valence electrons.